The van der Waals surface area contributed by atoms with Gasteiger partial charge in [-0.25, -0.2) is 0 Å². The van der Waals surface area contributed by atoms with E-state index in [9.17, 15) is 8.78 Å². The fourth-order valence-corrected chi connectivity index (χ4v) is 1.99. The highest BCUT2D eigenvalue weighted by Gasteiger charge is 2.03. The summed E-state index contributed by atoms with van der Waals surface area (Å²) < 4.78 is 29.3. The number of benzene rings is 2. The van der Waals surface area contributed by atoms with Crippen molar-refractivity contribution in [3.8, 4) is 5.75 Å². The molecule has 2 rings (SSSR count). The van der Waals surface area contributed by atoms with Crippen molar-refractivity contribution < 1.29 is 13.5 Å². The van der Waals surface area contributed by atoms with Gasteiger partial charge in [-0.1, -0.05) is 34.1 Å². The Kier molecular flexibility index (Phi) is 4.74. The van der Waals surface area contributed by atoms with Gasteiger partial charge in [0.1, 0.15) is 5.75 Å². The molecule has 0 aliphatic heterocycles. The predicted molar refractivity (Wildman–Crippen MR) is 74.5 cm³/mol. The number of halogens is 3. The number of hydrogen-bond acceptors (Lipinski definition) is 2. The molecule has 0 fully saturated rings. The molecule has 0 heterocycles. The lowest BCUT2D eigenvalue weighted by Crippen LogP contribution is -2.02. The van der Waals surface area contributed by atoms with Crippen LogP contribution in [0.5, 0.6) is 5.75 Å². The van der Waals surface area contributed by atoms with E-state index in [0.29, 0.717) is 6.54 Å². The monoisotopic (exact) mass is 327 g/mol. The van der Waals surface area contributed by atoms with Crippen LogP contribution in [0.25, 0.3) is 0 Å². The normalized spacial score (nSPS) is 10.5. The zero-order chi connectivity index (χ0) is 13.7. The second-order valence-electron chi connectivity index (χ2n) is 3.89. The van der Waals surface area contributed by atoms with Crippen LogP contribution in [0.15, 0.2) is 53.0 Å². The first kappa shape index (κ1) is 13.8. The quantitative estimate of drug-likeness (QED) is 0.862. The number of anilines is 1. The first-order valence-electron chi connectivity index (χ1n) is 5.67. The van der Waals surface area contributed by atoms with E-state index in [1.165, 1.54) is 12.1 Å². The van der Waals surface area contributed by atoms with Crippen molar-refractivity contribution in [2.24, 2.45) is 0 Å². The molecule has 2 aromatic carbocycles. The first-order valence-corrected chi connectivity index (χ1v) is 6.46. The van der Waals surface area contributed by atoms with Gasteiger partial charge in [0.05, 0.1) is 0 Å². The molecule has 2 aromatic rings. The molecule has 0 unspecified atom stereocenters. The highest BCUT2D eigenvalue weighted by atomic mass is 79.9. The van der Waals surface area contributed by atoms with E-state index in [4.69, 9.17) is 0 Å². The zero-order valence-corrected chi connectivity index (χ0v) is 11.5. The summed E-state index contributed by atoms with van der Waals surface area (Å²) in [4.78, 5) is 0. The molecule has 2 nitrogen and oxygen atoms in total. The van der Waals surface area contributed by atoms with Gasteiger partial charge in [-0.3, -0.25) is 0 Å². The van der Waals surface area contributed by atoms with Crippen LogP contribution in [0.4, 0.5) is 14.5 Å². The summed E-state index contributed by atoms with van der Waals surface area (Å²) in [5, 5.41) is 3.24. The maximum Gasteiger partial charge on any atom is 0.387 e. The van der Waals surface area contributed by atoms with Crippen LogP contribution in [-0.4, -0.2) is 6.61 Å². The lowest BCUT2D eigenvalue weighted by Gasteiger charge is -2.08. The summed E-state index contributed by atoms with van der Waals surface area (Å²) in [7, 11) is 0. The molecule has 0 bridgehead atoms. The van der Waals surface area contributed by atoms with Crippen molar-refractivity contribution in [3.05, 3.63) is 58.6 Å². The third-order valence-electron chi connectivity index (χ3n) is 2.47. The van der Waals surface area contributed by atoms with Crippen LogP contribution in [0.2, 0.25) is 0 Å². The second-order valence-corrected chi connectivity index (χ2v) is 4.80. The van der Waals surface area contributed by atoms with Crippen LogP contribution in [0.3, 0.4) is 0 Å². The summed E-state index contributed by atoms with van der Waals surface area (Å²) in [5.74, 6) is 0.168. The molecule has 19 heavy (non-hydrogen) atoms. The molecule has 0 aliphatic carbocycles. The highest BCUT2D eigenvalue weighted by molar-refractivity contribution is 9.10. The minimum Gasteiger partial charge on any atom is -0.435 e. The summed E-state index contributed by atoms with van der Waals surface area (Å²) in [5.41, 5.74) is 1.98. The summed E-state index contributed by atoms with van der Waals surface area (Å²) >= 11 is 3.39. The highest BCUT2D eigenvalue weighted by Crippen LogP contribution is 2.18. The molecule has 1 N–H and O–H groups in total. The fraction of sp³-hybridized carbons (Fsp3) is 0.143. The molecular formula is C14H12BrF2NO. The Hall–Kier alpha value is -1.62. The van der Waals surface area contributed by atoms with Gasteiger partial charge in [-0.05, 0) is 35.9 Å². The van der Waals surface area contributed by atoms with Gasteiger partial charge < -0.3 is 10.1 Å². The maximum absolute atomic E-state index is 12.0. The van der Waals surface area contributed by atoms with Crippen molar-refractivity contribution in [1.29, 1.82) is 0 Å². The lowest BCUT2D eigenvalue weighted by molar-refractivity contribution is -0.0498. The summed E-state index contributed by atoms with van der Waals surface area (Å²) in [6.07, 6.45) is 0. The van der Waals surface area contributed by atoms with Crippen molar-refractivity contribution in [2.45, 2.75) is 13.2 Å². The Morgan fingerprint density at radius 2 is 1.84 bits per heavy atom. The van der Waals surface area contributed by atoms with E-state index in [-0.39, 0.29) is 5.75 Å². The number of ether oxygens (including phenoxy) is 1. The molecule has 100 valence electrons. The SMILES string of the molecule is FC(F)Oc1ccc(CNc2cccc(Br)c2)cc1. The summed E-state index contributed by atoms with van der Waals surface area (Å²) in [6, 6.07) is 14.4. The largest absolute Gasteiger partial charge is 0.435 e. The maximum atomic E-state index is 12.0. The predicted octanol–water partition coefficient (Wildman–Crippen LogP) is 4.66. The second kappa shape index (κ2) is 6.52. The van der Waals surface area contributed by atoms with Gasteiger partial charge in [-0.15, -0.1) is 0 Å². The van der Waals surface area contributed by atoms with Gasteiger partial charge >= 0.3 is 6.61 Å². The number of alkyl halides is 2. The average Bonchev–Trinajstić information content (AvgIpc) is 2.37. The zero-order valence-electron chi connectivity index (χ0n) is 9.95. The number of rotatable bonds is 5. The van der Waals surface area contributed by atoms with Gasteiger partial charge in [0, 0.05) is 16.7 Å². The van der Waals surface area contributed by atoms with E-state index in [1.54, 1.807) is 12.1 Å². The minimum atomic E-state index is -2.79. The van der Waals surface area contributed by atoms with Crippen LogP contribution < -0.4 is 10.1 Å². The molecule has 0 aromatic heterocycles. The molecule has 0 saturated heterocycles. The first-order chi connectivity index (χ1) is 9.13. The van der Waals surface area contributed by atoms with Gasteiger partial charge in [0.2, 0.25) is 0 Å². The van der Waals surface area contributed by atoms with Crippen LogP contribution >= 0.6 is 15.9 Å². The molecule has 0 atom stereocenters. The van der Waals surface area contributed by atoms with Crippen molar-refractivity contribution in [3.63, 3.8) is 0 Å². The molecule has 5 heteroatoms. The molecule has 0 saturated carbocycles. The van der Waals surface area contributed by atoms with E-state index in [0.717, 1.165) is 15.7 Å². The molecule has 0 aliphatic rings. The Bertz CT molecular complexity index is 531. The Morgan fingerprint density at radius 3 is 2.47 bits per heavy atom. The summed E-state index contributed by atoms with van der Waals surface area (Å²) in [6.45, 7) is -2.17. The van der Waals surface area contributed by atoms with Gasteiger partial charge in [-0.2, -0.15) is 8.78 Å². The Balaban J connectivity index is 1.93. The Labute approximate surface area is 118 Å². The van der Waals surface area contributed by atoms with Crippen molar-refractivity contribution >= 4 is 21.6 Å². The van der Waals surface area contributed by atoms with Gasteiger partial charge in [0.25, 0.3) is 0 Å². The van der Waals surface area contributed by atoms with E-state index in [2.05, 4.69) is 26.0 Å². The molecule has 0 spiro atoms. The van der Waals surface area contributed by atoms with E-state index < -0.39 is 6.61 Å². The fourth-order valence-electron chi connectivity index (χ4n) is 1.59. The third-order valence-corrected chi connectivity index (χ3v) is 2.96. The average molecular weight is 328 g/mol. The van der Waals surface area contributed by atoms with Crippen LogP contribution in [0.1, 0.15) is 5.56 Å². The van der Waals surface area contributed by atoms with E-state index in [1.807, 2.05) is 24.3 Å². The van der Waals surface area contributed by atoms with Crippen molar-refractivity contribution in [2.75, 3.05) is 5.32 Å². The molecular weight excluding hydrogens is 316 g/mol. The van der Waals surface area contributed by atoms with E-state index >= 15 is 0 Å². The number of hydrogen-bond donors (Lipinski definition) is 1. The molecule has 0 amide bonds. The Morgan fingerprint density at radius 1 is 1.11 bits per heavy atom. The van der Waals surface area contributed by atoms with Crippen molar-refractivity contribution in [1.82, 2.24) is 0 Å². The lowest BCUT2D eigenvalue weighted by atomic mass is 10.2. The van der Waals surface area contributed by atoms with Crippen LogP contribution in [-0.2, 0) is 6.54 Å². The topological polar surface area (TPSA) is 21.3 Å². The standard InChI is InChI=1S/C14H12BrF2NO/c15-11-2-1-3-12(8-11)18-9-10-4-6-13(7-5-10)19-14(16)17/h1-8,14,18H,9H2. The number of nitrogens with one attached hydrogen (secondary N) is 1. The molecule has 0 radical (unpaired) electrons. The van der Waals surface area contributed by atoms with Gasteiger partial charge in [0.15, 0.2) is 0 Å². The van der Waals surface area contributed by atoms with Crippen LogP contribution in [0, 0.1) is 0 Å². The third kappa shape index (κ3) is 4.52. The smallest absolute Gasteiger partial charge is 0.387 e. The minimum absolute atomic E-state index is 0.168.